The summed E-state index contributed by atoms with van der Waals surface area (Å²) in [6, 6.07) is 1.61. The van der Waals surface area contributed by atoms with E-state index in [2.05, 4.69) is 6.92 Å². The molecule has 1 aromatic heterocycles. The van der Waals surface area contributed by atoms with E-state index >= 15 is 0 Å². The molecule has 0 unspecified atom stereocenters. The molecule has 0 atom stereocenters. The number of carbonyl (C=O) groups excluding carboxylic acids is 1. The van der Waals surface area contributed by atoms with Crippen molar-refractivity contribution in [3.8, 4) is 0 Å². The SMILES string of the molecule is CCC1(CO)CCN(C(=O)c2cc(Cl)c(Cl)n2C)CC1. The van der Waals surface area contributed by atoms with Gasteiger partial charge in [0, 0.05) is 26.7 Å². The molecule has 0 saturated carbocycles. The lowest BCUT2D eigenvalue weighted by molar-refractivity contribution is 0.0332. The van der Waals surface area contributed by atoms with Crippen LogP contribution in [0.3, 0.4) is 0 Å². The van der Waals surface area contributed by atoms with E-state index in [0.29, 0.717) is 29.0 Å². The van der Waals surface area contributed by atoms with Gasteiger partial charge in [-0.15, -0.1) is 0 Å². The van der Waals surface area contributed by atoms with E-state index in [-0.39, 0.29) is 17.9 Å². The van der Waals surface area contributed by atoms with Gasteiger partial charge in [0.25, 0.3) is 5.91 Å². The molecule has 2 heterocycles. The maximum absolute atomic E-state index is 12.5. The van der Waals surface area contributed by atoms with Crippen LogP contribution in [0.2, 0.25) is 10.2 Å². The highest BCUT2D eigenvalue weighted by molar-refractivity contribution is 6.41. The van der Waals surface area contributed by atoms with Crippen molar-refractivity contribution in [2.45, 2.75) is 26.2 Å². The zero-order valence-electron chi connectivity index (χ0n) is 11.8. The highest BCUT2D eigenvalue weighted by Crippen LogP contribution is 2.35. The van der Waals surface area contributed by atoms with Crippen LogP contribution in [-0.2, 0) is 7.05 Å². The summed E-state index contributed by atoms with van der Waals surface area (Å²) in [5.74, 6) is -0.0519. The van der Waals surface area contributed by atoms with Gasteiger partial charge in [-0.1, -0.05) is 30.1 Å². The lowest BCUT2D eigenvalue weighted by atomic mass is 9.77. The number of nitrogens with zero attached hydrogens (tertiary/aromatic N) is 2. The number of hydrogen-bond acceptors (Lipinski definition) is 2. The summed E-state index contributed by atoms with van der Waals surface area (Å²) in [7, 11) is 1.73. The number of hydrogen-bond donors (Lipinski definition) is 1. The van der Waals surface area contributed by atoms with Gasteiger partial charge in [0.15, 0.2) is 0 Å². The first-order chi connectivity index (χ1) is 9.44. The Labute approximate surface area is 129 Å². The van der Waals surface area contributed by atoms with Crippen molar-refractivity contribution in [2.24, 2.45) is 12.5 Å². The standard InChI is InChI=1S/C14H20Cl2N2O2/c1-3-14(9-19)4-6-18(7-5-14)13(20)11-8-10(15)12(16)17(11)2/h8,19H,3-7,9H2,1-2H3. The number of amides is 1. The Morgan fingerprint density at radius 1 is 1.40 bits per heavy atom. The predicted octanol–water partition coefficient (Wildman–Crippen LogP) is 2.96. The van der Waals surface area contributed by atoms with Crippen molar-refractivity contribution in [3.05, 3.63) is 21.9 Å². The van der Waals surface area contributed by atoms with Gasteiger partial charge in [-0.25, -0.2) is 0 Å². The lowest BCUT2D eigenvalue weighted by Gasteiger charge is -2.40. The van der Waals surface area contributed by atoms with Gasteiger partial charge in [0.05, 0.1) is 5.02 Å². The monoisotopic (exact) mass is 318 g/mol. The smallest absolute Gasteiger partial charge is 0.270 e. The van der Waals surface area contributed by atoms with Crippen LogP contribution in [0.15, 0.2) is 6.07 Å². The molecule has 0 aromatic carbocycles. The number of aliphatic hydroxyl groups is 1. The van der Waals surface area contributed by atoms with E-state index in [1.54, 1.807) is 17.7 Å². The van der Waals surface area contributed by atoms with E-state index in [0.717, 1.165) is 19.3 Å². The van der Waals surface area contributed by atoms with E-state index in [4.69, 9.17) is 23.2 Å². The van der Waals surface area contributed by atoms with Crippen molar-refractivity contribution >= 4 is 29.1 Å². The Hall–Kier alpha value is -0.710. The summed E-state index contributed by atoms with van der Waals surface area (Å²) in [6.07, 6.45) is 2.60. The number of carbonyl (C=O) groups is 1. The second kappa shape index (κ2) is 5.96. The van der Waals surface area contributed by atoms with Gasteiger partial charge < -0.3 is 14.6 Å². The third-order valence-corrected chi connectivity index (χ3v) is 5.37. The molecule has 0 spiro atoms. The average Bonchev–Trinajstić information content (AvgIpc) is 2.74. The normalized spacial score (nSPS) is 18.4. The number of halogens is 2. The van der Waals surface area contributed by atoms with Crippen LogP contribution in [-0.4, -0.2) is 40.2 Å². The lowest BCUT2D eigenvalue weighted by Crippen LogP contribution is -2.44. The van der Waals surface area contributed by atoms with Crippen molar-refractivity contribution in [1.82, 2.24) is 9.47 Å². The molecule has 1 saturated heterocycles. The van der Waals surface area contributed by atoms with E-state index < -0.39 is 0 Å². The van der Waals surface area contributed by atoms with Crippen LogP contribution in [0.4, 0.5) is 0 Å². The van der Waals surface area contributed by atoms with Crippen molar-refractivity contribution in [2.75, 3.05) is 19.7 Å². The van der Waals surface area contributed by atoms with Gasteiger partial charge in [0.2, 0.25) is 0 Å². The minimum atomic E-state index is -0.0519. The topological polar surface area (TPSA) is 45.5 Å². The molecule has 112 valence electrons. The van der Waals surface area contributed by atoms with Gasteiger partial charge in [-0.3, -0.25) is 4.79 Å². The summed E-state index contributed by atoms with van der Waals surface area (Å²) in [6.45, 7) is 3.60. The zero-order valence-corrected chi connectivity index (χ0v) is 13.3. The van der Waals surface area contributed by atoms with Gasteiger partial charge >= 0.3 is 0 Å². The quantitative estimate of drug-likeness (QED) is 0.931. The molecule has 1 fully saturated rings. The number of piperidine rings is 1. The van der Waals surface area contributed by atoms with Gasteiger partial charge in [-0.2, -0.15) is 0 Å². The number of rotatable bonds is 3. The van der Waals surface area contributed by atoms with Crippen LogP contribution in [0.25, 0.3) is 0 Å². The van der Waals surface area contributed by atoms with Crippen LogP contribution in [0, 0.1) is 5.41 Å². The molecule has 1 aliphatic heterocycles. The molecule has 1 N–H and O–H groups in total. The maximum atomic E-state index is 12.5. The molecule has 1 amide bonds. The second-order valence-corrected chi connectivity index (χ2v) is 6.30. The molecule has 0 radical (unpaired) electrons. The Bertz CT molecular complexity index is 500. The summed E-state index contributed by atoms with van der Waals surface area (Å²) < 4.78 is 1.61. The molecule has 0 aliphatic carbocycles. The average molecular weight is 319 g/mol. The molecule has 1 aliphatic rings. The molecule has 4 nitrogen and oxygen atoms in total. The van der Waals surface area contributed by atoms with Gasteiger partial charge in [-0.05, 0) is 30.7 Å². The largest absolute Gasteiger partial charge is 0.396 e. The third kappa shape index (κ3) is 2.69. The minimum Gasteiger partial charge on any atom is -0.396 e. The Morgan fingerprint density at radius 3 is 2.40 bits per heavy atom. The fourth-order valence-electron chi connectivity index (χ4n) is 2.72. The highest BCUT2D eigenvalue weighted by atomic mass is 35.5. The van der Waals surface area contributed by atoms with Crippen molar-refractivity contribution in [1.29, 1.82) is 0 Å². The first-order valence-electron chi connectivity index (χ1n) is 6.85. The fourth-order valence-corrected chi connectivity index (χ4v) is 3.09. The molecule has 6 heteroatoms. The Morgan fingerprint density at radius 2 is 2.00 bits per heavy atom. The Kier molecular flexibility index (Phi) is 4.67. The van der Waals surface area contributed by atoms with Gasteiger partial charge in [0.1, 0.15) is 10.8 Å². The number of aromatic nitrogens is 1. The third-order valence-electron chi connectivity index (χ3n) is 4.53. The highest BCUT2D eigenvalue weighted by Gasteiger charge is 2.34. The van der Waals surface area contributed by atoms with Crippen molar-refractivity contribution in [3.63, 3.8) is 0 Å². The summed E-state index contributed by atoms with van der Waals surface area (Å²) in [5.41, 5.74) is 0.480. The summed E-state index contributed by atoms with van der Waals surface area (Å²) in [4.78, 5) is 14.3. The van der Waals surface area contributed by atoms with Crippen molar-refractivity contribution < 1.29 is 9.90 Å². The van der Waals surface area contributed by atoms with Crippen LogP contribution in [0.1, 0.15) is 36.7 Å². The first-order valence-corrected chi connectivity index (χ1v) is 7.60. The molecular weight excluding hydrogens is 299 g/mol. The Balaban J connectivity index is 2.11. The van der Waals surface area contributed by atoms with Crippen LogP contribution in [0.5, 0.6) is 0 Å². The van der Waals surface area contributed by atoms with E-state index in [1.165, 1.54) is 0 Å². The molecule has 0 bridgehead atoms. The first kappa shape index (κ1) is 15.7. The number of aliphatic hydroxyl groups excluding tert-OH is 1. The number of likely N-dealkylation sites (tertiary alicyclic amines) is 1. The van der Waals surface area contributed by atoms with E-state index in [9.17, 15) is 9.90 Å². The second-order valence-electron chi connectivity index (χ2n) is 5.53. The maximum Gasteiger partial charge on any atom is 0.270 e. The summed E-state index contributed by atoms with van der Waals surface area (Å²) >= 11 is 12.0. The zero-order chi connectivity index (χ0) is 14.9. The van der Waals surface area contributed by atoms with Crippen LogP contribution >= 0.6 is 23.2 Å². The van der Waals surface area contributed by atoms with Crippen LogP contribution < -0.4 is 0 Å². The summed E-state index contributed by atoms with van der Waals surface area (Å²) in [5, 5.41) is 10.3. The molecular formula is C14H20Cl2N2O2. The molecule has 20 heavy (non-hydrogen) atoms. The molecule has 1 aromatic rings. The molecule has 2 rings (SSSR count). The predicted molar refractivity (Wildman–Crippen MR) is 80.4 cm³/mol. The minimum absolute atomic E-state index is 0.0275. The fraction of sp³-hybridized carbons (Fsp3) is 0.643. The van der Waals surface area contributed by atoms with E-state index in [1.807, 2.05) is 4.90 Å².